The Bertz CT molecular complexity index is 1000. The summed E-state index contributed by atoms with van der Waals surface area (Å²) in [5.41, 5.74) is 3.53. The number of nitrogens with one attached hydrogen (secondary N) is 1. The molecule has 1 aliphatic rings. The highest BCUT2D eigenvalue weighted by Crippen LogP contribution is 2.33. The molecule has 0 radical (unpaired) electrons. The Labute approximate surface area is 157 Å². The van der Waals surface area contributed by atoms with E-state index in [1.807, 2.05) is 61.5 Å². The number of hydrogen-bond donors (Lipinski definition) is 1. The van der Waals surface area contributed by atoms with E-state index < -0.39 is 0 Å². The van der Waals surface area contributed by atoms with Crippen LogP contribution in [0.25, 0.3) is 0 Å². The fourth-order valence-corrected chi connectivity index (χ4v) is 3.42. The molecule has 5 nitrogen and oxygen atoms in total. The molecule has 0 fully saturated rings. The summed E-state index contributed by atoms with van der Waals surface area (Å²) in [7, 11) is 0. The molecule has 1 unspecified atom stereocenters. The van der Waals surface area contributed by atoms with Crippen molar-refractivity contribution in [3.63, 3.8) is 0 Å². The van der Waals surface area contributed by atoms with Crippen LogP contribution in [0.1, 0.15) is 33.2 Å². The summed E-state index contributed by atoms with van der Waals surface area (Å²) in [6.45, 7) is 2.03. The van der Waals surface area contributed by atoms with Gasteiger partial charge in [0.15, 0.2) is 0 Å². The molecule has 2 heterocycles. The standard InChI is InChI=1S/C22H19N3O2/c1-15-11-16-7-5-6-10-20(16)25(15)22(27)18-12-17(13-23-14-18)21(26)24-19-8-3-2-4-9-19/h2-10,12-15H,11H2,1H3,(H,24,26). The van der Waals surface area contributed by atoms with Crippen LogP contribution in [0.4, 0.5) is 11.4 Å². The van der Waals surface area contributed by atoms with Crippen LogP contribution >= 0.6 is 0 Å². The third-order valence-corrected chi connectivity index (χ3v) is 4.71. The molecule has 134 valence electrons. The van der Waals surface area contributed by atoms with Crippen molar-refractivity contribution in [2.45, 2.75) is 19.4 Å². The van der Waals surface area contributed by atoms with Gasteiger partial charge in [0.2, 0.25) is 0 Å². The lowest BCUT2D eigenvalue weighted by Crippen LogP contribution is -2.35. The second kappa shape index (κ2) is 7.03. The number of rotatable bonds is 3. The Morgan fingerprint density at radius 2 is 1.70 bits per heavy atom. The number of aromatic nitrogens is 1. The van der Waals surface area contributed by atoms with Crippen molar-refractivity contribution >= 4 is 23.2 Å². The lowest BCUT2D eigenvalue weighted by molar-refractivity contribution is 0.0981. The average Bonchev–Trinajstić information content (AvgIpc) is 3.04. The minimum absolute atomic E-state index is 0.0664. The van der Waals surface area contributed by atoms with Gasteiger partial charge >= 0.3 is 0 Å². The van der Waals surface area contributed by atoms with Crippen molar-refractivity contribution in [1.82, 2.24) is 4.98 Å². The summed E-state index contributed by atoms with van der Waals surface area (Å²) >= 11 is 0. The maximum Gasteiger partial charge on any atom is 0.260 e. The van der Waals surface area contributed by atoms with Gasteiger partial charge in [0.25, 0.3) is 11.8 Å². The van der Waals surface area contributed by atoms with Gasteiger partial charge in [-0.3, -0.25) is 14.6 Å². The Hall–Kier alpha value is -3.47. The van der Waals surface area contributed by atoms with E-state index in [0.29, 0.717) is 16.8 Å². The van der Waals surface area contributed by atoms with Gasteiger partial charge in [-0.25, -0.2) is 0 Å². The maximum atomic E-state index is 13.1. The number of amides is 2. The number of hydrogen-bond acceptors (Lipinski definition) is 3. The predicted octanol–water partition coefficient (Wildman–Crippen LogP) is 3.93. The first kappa shape index (κ1) is 17.0. The first-order chi connectivity index (χ1) is 13.1. The predicted molar refractivity (Wildman–Crippen MR) is 105 cm³/mol. The Balaban J connectivity index is 1.59. The lowest BCUT2D eigenvalue weighted by atomic mass is 10.1. The smallest absolute Gasteiger partial charge is 0.260 e. The van der Waals surface area contributed by atoms with Crippen LogP contribution in [-0.2, 0) is 6.42 Å². The molecular weight excluding hydrogens is 338 g/mol. The van der Waals surface area contributed by atoms with Crippen LogP contribution in [0, 0.1) is 0 Å². The van der Waals surface area contributed by atoms with Gasteiger partial charge in [0.1, 0.15) is 0 Å². The molecule has 3 aromatic rings. The number of pyridine rings is 1. The quantitative estimate of drug-likeness (QED) is 0.773. The van der Waals surface area contributed by atoms with Crippen molar-refractivity contribution in [3.05, 3.63) is 89.7 Å². The van der Waals surface area contributed by atoms with Crippen molar-refractivity contribution in [1.29, 1.82) is 0 Å². The summed E-state index contributed by atoms with van der Waals surface area (Å²) in [6.07, 6.45) is 3.80. The van der Waals surface area contributed by atoms with Gasteiger partial charge in [-0.2, -0.15) is 0 Å². The fraction of sp³-hybridized carbons (Fsp3) is 0.136. The van der Waals surface area contributed by atoms with Crippen molar-refractivity contribution < 1.29 is 9.59 Å². The topological polar surface area (TPSA) is 62.3 Å². The summed E-state index contributed by atoms with van der Waals surface area (Å²) in [6, 6.07) is 18.8. The number of anilines is 2. The third kappa shape index (κ3) is 3.31. The van der Waals surface area contributed by atoms with Gasteiger partial charge < -0.3 is 10.2 Å². The van der Waals surface area contributed by atoms with Crippen LogP contribution in [0.2, 0.25) is 0 Å². The van der Waals surface area contributed by atoms with Crippen molar-refractivity contribution in [2.75, 3.05) is 10.2 Å². The van der Waals surface area contributed by atoms with E-state index in [-0.39, 0.29) is 17.9 Å². The second-order valence-corrected chi connectivity index (χ2v) is 6.64. The van der Waals surface area contributed by atoms with Crippen LogP contribution in [0.3, 0.4) is 0 Å². The minimum Gasteiger partial charge on any atom is -0.322 e. The van der Waals surface area contributed by atoms with E-state index in [1.165, 1.54) is 12.4 Å². The largest absolute Gasteiger partial charge is 0.322 e. The molecule has 2 amide bonds. The van der Waals surface area contributed by atoms with E-state index in [2.05, 4.69) is 10.3 Å². The highest BCUT2D eigenvalue weighted by Gasteiger charge is 2.31. The molecule has 1 aliphatic heterocycles. The molecule has 1 aromatic heterocycles. The molecular formula is C22H19N3O2. The summed E-state index contributed by atoms with van der Waals surface area (Å²) in [5, 5.41) is 2.81. The molecule has 5 heteroatoms. The van der Waals surface area contributed by atoms with Gasteiger partial charge in [-0.05, 0) is 43.2 Å². The zero-order chi connectivity index (χ0) is 18.8. The number of para-hydroxylation sites is 2. The molecule has 4 rings (SSSR count). The Morgan fingerprint density at radius 1 is 1.00 bits per heavy atom. The van der Waals surface area contributed by atoms with E-state index in [1.54, 1.807) is 11.0 Å². The summed E-state index contributed by atoms with van der Waals surface area (Å²) < 4.78 is 0. The molecule has 0 bridgehead atoms. The lowest BCUT2D eigenvalue weighted by Gasteiger charge is -2.22. The highest BCUT2D eigenvalue weighted by molar-refractivity contribution is 6.10. The van der Waals surface area contributed by atoms with Crippen LogP contribution < -0.4 is 10.2 Å². The molecule has 2 aromatic carbocycles. The monoisotopic (exact) mass is 357 g/mol. The molecule has 0 aliphatic carbocycles. The van der Waals surface area contributed by atoms with E-state index in [0.717, 1.165) is 17.7 Å². The number of benzene rings is 2. The normalized spacial score (nSPS) is 15.3. The number of fused-ring (bicyclic) bond motifs is 1. The molecule has 0 spiro atoms. The number of carbonyl (C=O) groups is 2. The van der Waals surface area contributed by atoms with Crippen LogP contribution in [0.5, 0.6) is 0 Å². The van der Waals surface area contributed by atoms with Gasteiger partial charge in [0, 0.05) is 29.8 Å². The first-order valence-corrected chi connectivity index (χ1v) is 8.86. The summed E-state index contributed by atoms with van der Waals surface area (Å²) in [4.78, 5) is 31.5. The molecule has 1 atom stereocenters. The Kier molecular flexibility index (Phi) is 4.42. The third-order valence-electron chi connectivity index (χ3n) is 4.71. The van der Waals surface area contributed by atoms with Gasteiger partial charge in [-0.1, -0.05) is 36.4 Å². The second-order valence-electron chi connectivity index (χ2n) is 6.64. The number of carbonyl (C=O) groups excluding carboxylic acids is 2. The van der Waals surface area contributed by atoms with Gasteiger partial charge in [0.05, 0.1) is 11.1 Å². The maximum absolute atomic E-state index is 13.1. The van der Waals surface area contributed by atoms with Crippen molar-refractivity contribution in [3.8, 4) is 0 Å². The molecule has 27 heavy (non-hydrogen) atoms. The zero-order valence-electron chi connectivity index (χ0n) is 14.9. The molecule has 0 saturated heterocycles. The van der Waals surface area contributed by atoms with E-state index in [4.69, 9.17) is 0 Å². The highest BCUT2D eigenvalue weighted by atomic mass is 16.2. The molecule has 1 N–H and O–H groups in total. The van der Waals surface area contributed by atoms with Crippen LogP contribution in [0.15, 0.2) is 73.1 Å². The minimum atomic E-state index is -0.293. The van der Waals surface area contributed by atoms with Gasteiger partial charge in [-0.15, -0.1) is 0 Å². The zero-order valence-corrected chi connectivity index (χ0v) is 14.9. The first-order valence-electron chi connectivity index (χ1n) is 8.86. The summed E-state index contributed by atoms with van der Waals surface area (Å²) in [5.74, 6) is -0.437. The van der Waals surface area contributed by atoms with E-state index >= 15 is 0 Å². The SMILES string of the molecule is CC1Cc2ccccc2N1C(=O)c1cncc(C(=O)Nc2ccccc2)c1. The molecule has 0 saturated carbocycles. The Morgan fingerprint density at radius 3 is 2.52 bits per heavy atom. The van der Waals surface area contributed by atoms with Crippen LogP contribution in [-0.4, -0.2) is 22.8 Å². The average molecular weight is 357 g/mol. The number of nitrogens with zero attached hydrogens (tertiary/aromatic N) is 2. The fourth-order valence-electron chi connectivity index (χ4n) is 3.42. The van der Waals surface area contributed by atoms with Crippen molar-refractivity contribution in [2.24, 2.45) is 0 Å². The van der Waals surface area contributed by atoms with E-state index in [9.17, 15) is 9.59 Å².